The monoisotopic (exact) mass is 355 g/mol. The van der Waals surface area contributed by atoms with E-state index in [1.165, 1.54) is 16.4 Å². The molecule has 0 spiro atoms. The van der Waals surface area contributed by atoms with E-state index in [4.69, 9.17) is 11.5 Å². The largest absolute Gasteiger partial charge is 0.369 e. The van der Waals surface area contributed by atoms with Crippen LogP contribution in [0.25, 0.3) is 10.8 Å². The van der Waals surface area contributed by atoms with E-state index >= 15 is 0 Å². The summed E-state index contributed by atoms with van der Waals surface area (Å²) >= 11 is 0. The minimum Gasteiger partial charge on any atom is -0.369 e. The fourth-order valence-corrected chi connectivity index (χ4v) is 3.88. The molecule has 25 heavy (non-hydrogen) atoms. The molecule has 8 heteroatoms. The van der Waals surface area contributed by atoms with E-state index in [-0.39, 0.29) is 10.9 Å². The Morgan fingerprint density at radius 1 is 1.00 bits per heavy atom. The van der Waals surface area contributed by atoms with Gasteiger partial charge in [-0.2, -0.15) is 5.10 Å². The fraction of sp³-hybridized carbons (Fsp3) is 0.0588. The lowest BCUT2D eigenvalue weighted by atomic mass is 10.1. The van der Waals surface area contributed by atoms with Gasteiger partial charge in [0.15, 0.2) is 0 Å². The zero-order chi connectivity index (χ0) is 18.0. The van der Waals surface area contributed by atoms with Crippen LogP contribution in [0.4, 0.5) is 0 Å². The van der Waals surface area contributed by atoms with Gasteiger partial charge in [-0.25, -0.2) is 12.4 Å². The van der Waals surface area contributed by atoms with E-state index in [0.717, 1.165) is 5.39 Å². The number of benzene rings is 2. The number of fused-ring (bicyclic) bond motifs is 1. The molecule has 1 aromatic heterocycles. The van der Waals surface area contributed by atoms with Gasteiger partial charge in [0.2, 0.25) is 5.96 Å². The van der Waals surface area contributed by atoms with E-state index in [0.29, 0.717) is 16.7 Å². The molecule has 0 bridgehead atoms. The summed E-state index contributed by atoms with van der Waals surface area (Å²) in [6.07, 6.45) is 2.96. The van der Waals surface area contributed by atoms with Gasteiger partial charge in [-0.3, -0.25) is 0 Å². The second-order valence-corrected chi connectivity index (χ2v) is 7.23. The second kappa shape index (κ2) is 6.40. The summed E-state index contributed by atoms with van der Waals surface area (Å²) in [4.78, 5) is 0.242. The van der Waals surface area contributed by atoms with Crippen molar-refractivity contribution in [2.75, 3.05) is 0 Å². The number of hydrogen-bond acceptors (Lipinski definition) is 4. The average molecular weight is 355 g/mol. The first-order valence-corrected chi connectivity index (χ1v) is 8.88. The third kappa shape index (κ3) is 3.24. The van der Waals surface area contributed by atoms with Crippen LogP contribution < -0.4 is 11.5 Å². The van der Waals surface area contributed by atoms with Crippen LogP contribution >= 0.6 is 0 Å². The third-order valence-corrected chi connectivity index (χ3v) is 5.40. The van der Waals surface area contributed by atoms with Crippen LogP contribution in [0.15, 0.2) is 76.0 Å². The molecule has 0 fully saturated rings. The molecule has 0 saturated carbocycles. The highest BCUT2D eigenvalue weighted by Gasteiger charge is 2.19. The fourth-order valence-electron chi connectivity index (χ4n) is 2.47. The predicted molar refractivity (Wildman–Crippen MR) is 99.0 cm³/mol. The molecular formula is C17H17N5O2S. The van der Waals surface area contributed by atoms with E-state index in [1.807, 2.05) is 24.3 Å². The highest BCUT2D eigenvalue weighted by molar-refractivity contribution is 7.90. The molecule has 0 atom stereocenters. The number of rotatable bonds is 4. The van der Waals surface area contributed by atoms with Crippen molar-refractivity contribution in [3.63, 3.8) is 0 Å². The smallest absolute Gasteiger partial charge is 0.268 e. The van der Waals surface area contributed by atoms with Crippen LogP contribution in [0, 0.1) is 0 Å². The normalized spacial score (nSPS) is 12.3. The zero-order valence-electron chi connectivity index (χ0n) is 13.5. The Morgan fingerprint density at radius 2 is 1.72 bits per heavy atom. The van der Waals surface area contributed by atoms with E-state index < -0.39 is 10.0 Å². The molecule has 0 radical (unpaired) electrons. The zero-order valence-corrected chi connectivity index (χ0v) is 14.3. The number of guanidine groups is 1. The van der Waals surface area contributed by atoms with Gasteiger partial charge < -0.3 is 11.5 Å². The van der Waals surface area contributed by atoms with Crippen LogP contribution in [0.2, 0.25) is 0 Å². The lowest BCUT2D eigenvalue weighted by Gasteiger charge is -2.09. The maximum atomic E-state index is 13.0. The van der Waals surface area contributed by atoms with Crippen molar-refractivity contribution in [1.82, 2.24) is 3.97 Å². The number of aromatic nitrogens is 1. The minimum atomic E-state index is -3.73. The standard InChI is InChI=1S/C17H17N5O2S/c1-12(20-21-17(18)19)14-9-10-22(11-14)25(23,24)16-8-4-6-13-5-2-3-7-15(13)16/h2-11H,1H3,(H4,18,19,21). The number of hydrogen-bond donors (Lipinski definition) is 2. The Bertz CT molecular complexity index is 1090. The number of nitrogens with zero attached hydrogens (tertiary/aromatic N) is 3. The van der Waals surface area contributed by atoms with Crippen LogP contribution in [0.1, 0.15) is 12.5 Å². The van der Waals surface area contributed by atoms with Crippen LogP contribution in [-0.4, -0.2) is 24.1 Å². The highest BCUT2D eigenvalue weighted by Crippen LogP contribution is 2.25. The maximum Gasteiger partial charge on any atom is 0.268 e. The van der Waals surface area contributed by atoms with Crippen LogP contribution in [0.3, 0.4) is 0 Å². The lowest BCUT2D eigenvalue weighted by Crippen LogP contribution is -2.22. The average Bonchev–Trinajstić information content (AvgIpc) is 3.10. The highest BCUT2D eigenvalue weighted by atomic mass is 32.2. The molecule has 0 amide bonds. The lowest BCUT2D eigenvalue weighted by molar-refractivity contribution is 0.588. The topological polar surface area (TPSA) is 116 Å². The Balaban J connectivity index is 2.07. The van der Waals surface area contributed by atoms with Crippen molar-refractivity contribution >= 4 is 32.5 Å². The summed E-state index contributed by atoms with van der Waals surface area (Å²) in [7, 11) is -3.73. The van der Waals surface area contributed by atoms with Crippen molar-refractivity contribution in [1.29, 1.82) is 0 Å². The molecule has 3 aromatic rings. The summed E-state index contributed by atoms with van der Waals surface area (Å²) in [6.45, 7) is 1.69. The third-order valence-electron chi connectivity index (χ3n) is 3.71. The van der Waals surface area contributed by atoms with Crippen molar-refractivity contribution in [2.45, 2.75) is 11.8 Å². The van der Waals surface area contributed by atoms with Crippen molar-refractivity contribution in [3.8, 4) is 0 Å². The van der Waals surface area contributed by atoms with E-state index in [1.54, 1.807) is 31.2 Å². The first-order chi connectivity index (χ1) is 11.9. The molecule has 0 aliphatic rings. The summed E-state index contributed by atoms with van der Waals surface area (Å²) in [5, 5.41) is 8.97. The molecule has 1 heterocycles. The molecule has 7 nitrogen and oxygen atoms in total. The Labute approximate surface area is 145 Å². The Kier molecular flexibility index (Phi) is 4.28. The van der Waals surface area contributed by atoms with Gasteiger partial charge in [-0.1, -0.05) is 36.4 Å². The van der Waals surface area contributed by atoms with E-state index in [2.05, 4.69) is 10.2 Å². The molecular weight excluding hydrogens is 338 g/mol. The molecule has 0 unspecified atom stereocenters. The van der Waals surface area contributed by atoms with Gasteiger partial charge in [0.25, 0.3) is 10.0 Å². The quantitative estimate of drug-likeness (QED) is 0.422. The molecule has 4 N–H and O–H groups in total. The maximum absolute atomic E-state index is 13.0. The van der Waals surface area contributed by atoms with Crippen LogP contribution in [0.5, 0.6) is 0 Å². The first-order valence-electron chi connectivity index (χ1n) is 7.44. The molecule has 128 valence electrons. The van der Waals surface area contributed by atoms with E-state index in [9.17, 15) is 8.42 Å². The minimum absolute atomic E-state index is 0.165. The number of nitrogens with two attached hydrogens (primary N) is 2. The molecule has 0 aliphatic heterocycles. The SMILES string of the molecule is CC(=NN=C(N)N)c1ccn(S(=O)(=O)c2cccc3ccccc23)c1. The van der Waals surface area contributed by atoms with Crippen LogP contribution in [-0.2, 0) is 10.0 Å². The molecule has 0 saturated heterocycles. The molecule has 0 aliphatic carbocycles. The molecule has 3 rings (SSSR count). The van der Waals surface area contributed by atoms with Gasteiger partial charge in [-0.05, 0) is 24.4 Å². The van der Waals surface area contributed by atoms with Gasteiger partial charge in [-0.15, -0.1) is 5.10 Å². The van der Waals surface area contributed by atoms with Crippen molar-refractivity contribution < 1.29 is 8.42 Å². The summed E-state index contributed by atoms with van der Waals surface area (Å²) in [6, 6.07) is 14.2. The van der Waals surface area contributed by atoms with Gasteiger partial charge in [0, 0.05) is 23.3 Å². The van der Waals surface area contributed by atoms with Crippen molar-refractivity contribution in [3.05, 3.63) is 66.5 Å². The second-order valence-electron chi connectivity index (χ2n) is 5.42. The predicted octanol–water partition coefficient (Wildman–Crippen LogP) is 1.88. The van der Waals surface area contributed by atoms with Gasteiger partial charge in [0.1, 0.15) is 0 Å². The Morgan fingerprint density at radius 3 is 2.48 bits per heavy atom. The summed E-state index contributed by atoms with van der Waals surface area (Å²) in [5.74, 6) is -0.165. The summed E-state index contributed by atoms with van der Waals surface area (Å²) < 4.78 is 27.2. The molecule has 2 aromatic carbocycles. The van der Waals surface area contributed by atoms with Gasteiger partial charge >= 0.3 is 0 Å². The first kappa shape index (κ1) is 16.7. The summed E-state index contributed by atoms with van der Waals surface area (Å²) in [5.41, 5.74) is 11.6. The van der Waals surface area contributed by atoms with Crippen molar-refractivity contribution in [2.24, 2.45) is 21.7 Å². The Hall–Kier alpha value is -3.13. The van der Waals surface area contributed by atoms with Gasteiger partial charge in [0.05, 0.1) is 10.6 Å².